The largest absolute Gasteiger partial charge is 0.424 e. The van der Waals surface area contributed by atoms with Crippen LogP contribution in [-0.2, 0) is 0 Å². The van der Waals surface area contributed by atoms with Gasteiger partial charge in [0.1, 0.15) is 17.2 Å². The second-order valence-corrected chi connectivity index (χ2v) is 8.69. The lowest BCUT2D eigenvalue weighted by Gasteiger charge is -2.31. The Labute approximate surface area is 179 Å². The van der Waals surface area contributed by atoms with Crippen LogP contribution in [0.15, 0.2) is 53.1 Å². The Morgan fingerprint density at radius 3 is 2.61 bits per heavy atom. The molecule has 2 aromatic carbocycles. The predicted molar refractivity (Wildman–Crippen MR) is 118 cm³/mol. The third-order valence-electron chi connectivity index (χ3n) is 6.43. The second kappa shape index (κ2) is 8.25. The smallest absolute Gasteiger partial charge is 0.295 e. The summed E-state index contributed by atoms with van der Waals surface area (Å²) in [4.78, 5) is 8.72. The summed E-state index contributed by atoms with van der Waals surface area (Å²) < 4.78 is 32.8. The van der Waals surface area contributed by atoms with Gasteiger partial charge >= 0.3 is 0 Å². The average Bonchev–Trinajstić information content (AvgIpc) is 3.15. The number of aromatic nitrogens is 2. The molecule has 0 spiro atoms. The fourth-order valence-corrected chi connectivity index (χ4v) is 4.94. The van der Waals surface area contributed by atoms with Gasteiger partial charge in [-0.1, -0.05) is 0 Å². The van der Waals surface area contributed by atoms with Crippen molar-refractivity contribution in [1.82, 2.24) is 9.97 Å². The molecule has 1 aliphatic rings. The van der Waals surface area contributed by atoms with Crippen molar-refractivity contribution in [3.05, 3.63) is 65.9 Å². The Hall–Kier alpha value is -3.02. The molecule has 1 unspecified atom stereocenters. The van der Waals surface area contributed by atoms with Crippen LogP contribution in [0.5, 0.6) is 0 Å². The number of hydrogen-bond acceptors (Lipinski definition) is 4. The highest BCUT2D eigenvalue weighted by atomic mass is 19.1. The van der Waals surface area contributed by atoms with Gasteiger partial charge in [0.05, 0.1) is 5.52 Å². The van der Waals surface area contributed by atoms with Crippen LogP contribution in [0.3, 0.4) is 0 Å². The first-order valence-corrected chi connectivity index (χ1v) is 10.9. The maximum Gasteiger partial charge on any atom is 0.295 e. The number of rotatable bonds is 5. The van der Waals surface area contributed by atoms with Crippen LogP contribution in [0.4, 0.5) is 14.8 Å². The summed E-state index contributed by atoms with van der Waals surface area (Å²) in [6, 6.07) is 11.9. The second-order valence-electron chi connectivity index (χ2n) is 8.69. The Bertz CT molecular complexity index is 1210. The van der Waals surface area contributed by atoms with Gasteiger partial charge in [0.25, 0.3) is 6.01 Å². The molecule has 31 heavy (non-hydrogen) atoms. The molecule has 1 fully saturated rings. The van der Waals surface area contributed by atoms with E-state index in [1.807, 2.05) is 12.3 Å². The van der Waals surface area contributed by atoms with Crippen molar-refractivity contribution in [3.63, 3.8) is 0 Å². The van der Waals surface area contributed by atoms with Gasteiger partial charge in [-0.3, -0.25) is 4.98 Å². The normalized spacial score (nSPS) is 20.2. The molecule has 2 heterocycles. The maximum atomic E-state index is 13.8. The Balaban J connectivity index is 1.20. The van der Waals surface area contributed by atoms with Gasteiger partial charge in [0.2, 0.25) is 0 Å². The third-order valence-corrected chi connectivity index (χ3v) is 6.43. The molecule has 0 saturated heterocycles. The van der Waals surface area contributed by atoms with Crippen molar-refractivity contribution in [2.45, 2.75) is 51.0 Å². The molecule has 4 aromatic rings. The molecule has 1 N–H and O–H groups in total. The van der Waals surface area contributed by atoms with E-state index in [0.29, 0.717) is 29.0 Å². The number of anilines is 1. The van der Waals surface area contributed by atoms with Crippen molar-refractivity contribution in [1.29, 1.82) is 0 Å². The summed E-state index contributed by atoms with van der Waals surface area (Å²) in [6.45, 7) is 2.13. The van der Waals surface area contributed by atoms with Gasteiger partial charge < -0.3 is 9.73 Å². The number of halogens is 2. The first-order chi connectivity index (χ1) is 15.0. The van der Waals surface area contributed by atoms with Gasteiger partial charge in [0, 0.05) is 23.7 Å². The molecule has 0 amide bonds. The van der Waals surface area contributed by atoms with Gasteiger partial charge in [-0.25, -0.2) is 8.78 Å². The van der Waals surface area contributed by atoms with Gasteiger partial charge in [-0.05, 0) is 92.8 Å². The highest BCUT2D eigenvalue weighted by Gasteiger charge is 2.25. The van der Waals surface area contributed by atoms with Crippen molar-refractivity contribution in [2.24, 2.45) is 5.92 Å². The van der Waals surface area contributed by atoms with Crippen LogP contribution in [0.1, 0.15) is 50.5 Å². The van der Waals surface area contributed by atoms with E-state index in [4.69, 9.17) is 4.42 Å². The Morgan fingerprint density at radius 1 is 1.00 bits per heavy atom. The molecular formula is C25H25F2N3O. The predicted octanol–water partition coefficient (Wildman–Crippen LogP) is 6.82. The standard InChI is InChI=1S/C25H25F2N3O/c1-15(29-25-30-23-14-19(27)7-9-24(23)31-25)12-16-2-4-17(5-3-16)20-10-11-28-22-8-6-18(26)13-21(20)22/h6-11,13-17H,2-5,12H2,1H3,(H,29,30). The summed E-state index contributed by atoms with van der Waals surface area (Å²) in [5.41, 5.74) is 3.18. The summed E-state index contributed by atoms with van der Waals surface area (Å²) >= 11 is 0. The number of oxazole rings is 1. The average molecular weight is 421 g/mol. The molecule has 1 atom stereocenters. The van der Waals surface area contributed by atoms with E-state index in [-0.39, 0.29) is 17.7 Å². The lowest BCUT2D eigenvalue weighted by Crippen LogP contribution is -2.23. The number of benzene rings is 2. The molecule has 2 aromatic heterocycles. The molecule has 0 bridgehead atoms. The summed E-state index contributed by atoms with van der Waals surface area (Å²) in [5.74, 6) is 0.531. The molecule has 5 rings (SSSR count). The van der Waals surface area contributed by atoms with Crippen molar-refractivity contribution in [2.75, 3.05) is 5.32 Å². The summed E-state index contributed by atoms with van der Waals surface area (Å²) in [7, 11) is 0. The molecular weight excluding hydrogens is 396 g/mol. The molecule has 1 aliphatic carbocycles. The highest BCUT2D eigenvalue weighted by molar-refractivity contribution is 5.82. The lowest BCUT2D eigenvalue weighted by atomic mass is 9.76. The van der Waals surface area contributed by atoms with Gasteiger partial charge in [-0.15, -0.1) is 0 Å². The molecule has 1 saturated carbocycles. The first-order valence-electron chi connectivity index (χ1n) is 10.9. The zero-order chi connectivity index (χ0) is 21.4. The van der Waals surface area contributed by atoms with E-state index in [0.717, 1.165) is 43.0 Å². The van der Waals surface area contributed by atoms with E-state index >= 15 is 0 Å². The van der Waals surface area contributed by atoms with E-state index in [1.165, 1.54) is 23.8 Å². The van der Waals surface area contributed by atoms with Crippen LogP contribution in [0, 0.1) is 17.6 Å². The fourth-order valence-electron chi connectivity index (χ4n) is 4.94. The van der Waals surface area contributed by atoms with Crippen LogP contribution in [-0.4, -0.2) is 16.0 Å². The van der Waals surface area contributed by atoms with Crippen molar-refractivity contribution >= 4 is 28.0 Å². The number of nitrogens with one attached hydrogen (secondary N) is 1. The van der Waals surface area contributed by atoms with E-state index in [9.17, 15) is 8.78 Å². The minimum absolute atomic E-state index is 0.204. The Morgan fingerprint density at radius 2 is 1.77 bits per heavy atom. The molecule has 4 nitrogen and oxygen atoms in total. The number of pyridine rings is 1. The third kappa shape index (κ3) is 4.24. The van der Waals surface area contributed by atoms with E-state index in [1.54, 1.807) is 18.2 Å². The molecule has 6 heteroatoms. The monoisotopic (exact) mass is 421 g/mol. The number of hydrogen-bond donors (Lipinski definition) is 1. The maximum absolute atomic E-state index is 13.8. The van der Waals surface area contributed by atoms with Gasteiger partial charge in [0.15, 0.2) is 5.58 Å². The number of nitrogens with zero attached hydrogens (tertiary/aromatic N) is 2. The Kier molecular flexibility index (Phi) is 5.30. The first kappa shape index (κ1) is 19.9. The van der Waals surface area contributed by atoms with Crippen molar-refractivity contribution in [3.8, 4) is 0 Å². The summed E-state index contributed by atoms with van der Waals surface area (Å²) in [5, 5.41) is 4.26. The minimum Gasteiger partial charge on any atom is -0.424 e. The number of fused-ring (bicyclic) bond motifs is 2. The van der Waals surface area contributed by atoms with Crippen LogP contribution in [0.25, 0.3) is 22.0 Å². The van der Waals surface area contributed by atoms with Crippen LogP contribution >= 0.6 is 0 Å². The van der Waals surface area contributed by atoms with E-state index in [2.05, 4.69) is 22.2 Å². The molecule has 0 aliphatic heterocycles. The highest BCUT2D eigenvalue weighted by Crippen LogP contribution is 2.40. The van der Waals surface area contributed by atoms with Crippen LogP contribution < -0.4 is 5.32 Å². The van der Waals surface area contributed by atoms with Crippen LogP contribution in [0.2, 0.25) is 0 Å². The van der Waals surface area contributed by atoms with Gasteiger partial charge in [-0.2, -0.15) is 4.98 Å². The lowest BCUT2D eigenvalue weighted by molar-refractivity contribution is 0.301. The molecule has 160 valence electrons. The summed E-state index contributed by atoms with van der Waals surface area (Å²) in [6.07, 6.45) is 7.30. The fraction of sp³-hybridized carbons (Fsp3) is 0.360. The van der Waals surface area contributed by atoms with E-state index < -0.39 is 0 Å². The minimum atomic E-state index is -0.318. The molecule has 0 radical (unpaired) electrons. The zero-order valence-electron chi connectivity index (χ0n) is 17.4. The zero-order valence-corrected chi connectivity index (χ0v) is 17.4. The van der Waals surface area contributed by atoms with Crippen molar-refractivity contribution < 1.29 is 13.2 Å². The SMILES string of the molecule is CC(CC1CCC(c2ccnc3ccc(F)cc23)CC1)Nc1nc2cc(F)ccc2o1. The quantitative estimate of drug-likeness (QED) is 0.384. The topological polar surface area (TPSA) is 51.0 Å².